The molecule has 0 aliphatic rings. The lowest BCUT2D eigenvalue weighted by molar-refractivity contribution is 0.386. The van der Waals surface area contributed by atoms with Crippen molar-refractivity contribution in [1.82, 2.24) is 10.3 Å². The van der Waals surface area contributed by atoms with E-state index in [0.29, 0.717) is 6.04 Å². The fourth-order valence-electron chi connectivity index (χ4n) is 1.97. The molecule has 1 aromatic heterocycles. The van der Waals surface area contributed by atoms with Crippen LogP contribution in [0.4, 0.5) is 0 Å². The summed E-state index contributed by atoms with van der Waals surface area (Å²) in [5, 5.41) is 7.00. The van der Waals surface area contributed by atoms with Gasteiger partial charge < -0.3 is 5.32 Å². The molecule has 0 amide bonds. The minimum absolute atomic E-state index is 0.671. The zero-order valence-corrected chi connectivity index (χ0v) is 12.4. The average Bonchev–Trinajstić information content (AvgIpc) is 2.73. The molecule has 1 aromatic rings. The Balaban J connectivity index is 2.23. The van der Waals surface area contributed by atoms with Crippen LogP contribution in [0, 0.1) is 12.8 Å². The maximum absolute atomic E-state index is 4.49. The van der Waals surface area contributed by atoms with Crippen LogP contribution in [0.5, 0.6) is 0 Å². The van der Waals surface area contributed by atoms with Crippen molar-refractivity contribution < 1.29 is 0 Å². The lowest BCUT2D eigenvalue weighted by Gasteiger charge is -2.20. The molecular weight excluding hydrogens is 228 g/mol. The Labute approximate surface area is 110 Å². The summed E-state index contributed by atoms with van der Waals surface area (Å²) in [6, 6.07) is 0.671. The molecule has 0 aromatic carbocycles. The highest BCUT2D eigenvalue weighted by Gasteiger charge is 2.09. The van der Waals surface area contributed by atoms with Crippen molar-refractivity contribution in [3.63, 3.8) is 0 Å². The van der Waals surface area contributed by atoms with Crippen LogP contribution < -0.4 is 5.32 Å². The summed E-state index contributed by atoms with van der Waals surface area (Å²) in [5.41, 5.74) is 1.23. The van der Waals surface area contributed by atoms with E-state index in [9.17, 15) is 0 Å². The van der Waals surface area contributed by atoms with Crippen LogP contribution in [0.25, 0.3) is 0 Å². The topological polar surface area (TPSA) is 24.9 Å². The molecule has 0 radical (unpaired) electrons. The van der Waals surface area contributed by atoms with E-state index in [1.165, 1.54) is 30.0 Å². The molecule has 0 aliphatic heterocycles. The zero-order valence-electron chi connectivity index (χ0n) is 11.6. The van der Waals surface area contributed by atoms with Gasteiger partial charge in [-0.1, -0.05) is 27.2 Å². The summed E-state index contributed by atoms with van der Waals surface area (Å²) < 4.78 is 0. The number of nitrogens with one attached hydrogen (secondary N) is 1. The standard InChI is InChI=1S/C14H26N2S/c1-5-11(3)9-13(6-2)15-8-7-14-10-17-12(4)16-14/h10-11,13,15H,5-9H2,1-4H3. The zero-order chi connectivity index (χ0) is 12.7. The maximum atomic E-state index is 4.49. The molecule has 0 aliphatic carbocycles. The Bertz CT molecular complexity index is 309. The highest BCUT2D eigenvalue weighted by Crippen LogP contribution is 2.12. The summed E-state index contributed by atoms with van der Waals surface area (Å²) in [6.07, 6.45) is 4.86. The van der Waals surface area contributed by atoms with Gasteiger partial charge in [-0.05, 0) is 25.7 Å². The summed E-state index contributed by atoms with van der Waals surface area (Å²) in [7, 11) is 0. The molecule has 3 heteroatoms. The van der Waals surface area contributed by atoms with Gasteiger partial charge in [0.25, 0.3) is 0 Å². The first-order valence-corrected chi connectivity index (χ1v) is 7.68. The lowest BCUT2D eigenvalue weighted by atomic mass is 9.98. The molecule has 17 heavy (non-hydrogen) atoms. The van der Waals surface area contributed by atoms with Gasteiger partial charge in [-0.2, -0.15) is 0 Å². The van der Waals surface area contributed by atoms with Crippen LogP contribution in [0.1, 0.15) is 50.7 Å². The van der Waals surface area contributed by atoms with Crippen molar-refractivity contribution in [2.24, 2.45) is 5.92 Å². The quantitative estimate of drug-likeness (QED) is 0.763. The monoisotopic (exact) mass is 254 g/mol. The average molecular weight is 254 g/mol. The molecule has 1 rings (SSSR count). The van der Waals surface area contributed by atoms with Crippen LogP contribution in [0.15, 0.2) is 5.38 Å². The second kappa shape index (κ2) is 7.83. The molecule has 2 unspecified atom stereocenters. The third kappa shape index (κ3) is 5.64. The lowest BCUT2D eigenvalue weighted by Crippen LogP contribution is -2.31. The van der Waals surface area contributed by atoms with Crippen LogP contribution in [0.2, 0.25) is 0 Å². The van der Waals surface area contributed by atoms with Crippen molar-refractivity contribution in [3.8, 4) is 0 Å². The third-order valence-corrected chi connectivity index (χ3v) is 4.18. The van der Waals surface area contributed by atoms with Gasteiger partial charge >= 0.3 is 0 Å². The Hall–Kier alpha value is -0.410. The smallest absolute Gasteiger partial charge is 0.0897 e. The molecule has 2 nitrogen and oxygen atoms in total. The SMILES string of the molecule is CCC(C)CC(CC)NCCc1csc(C)n1. The molecule has 0 bridgehead atoms. The Morgan fingerprint density at radius 3 is 2.65 bits per heavy atom. The van der Waals surface area contributed by atoms with Crippen molar-refractivity contribution in [1.29, 1.82) is 0 Å². The van der Waals surface area contributed by atoms with Gasteiger partial charge in [0.2, 0.25) is 0 Å². The molecular formula is C14H26N2S. The molecule has 0 saturated carbocycles. The number of thiazole rings is 1. The van der Waals surface area contributed by atoms with E-state index in [0.717, 1.165) is 18.9 Å². The van der Waals surface area contributed by atoms with Crippen LogP contribution >= 0.6 is 11.3 Å². The van der Waals surface area contributed by atoms with Gasteiger partial charge in [0.1, 0.15) is 0 Å². The molecule has 1 N–H and O–H groups in total. The van der Waals surface area contributed by atoms with Gasteiger partial charge in [0.15, 0.2) is 0 Å². The van der Waals surface area contributed by atoms with E-state index < -0.39 is 0 Å². The number of aromatic nitrogens is 1. The summed E-state index contributed by atoms with van der Waals surface area (Å²) in [4.78, 5) is 4.49. The number of hydrogen-bond donors (Lipinski definition) is 1. The molecule has 0 saturated heterocycles. The molecule has 0 fully saturated rings. The number of nitrogens with zero attached hydrogens (tertiary/aromatic N) is 1. The predicted molar refractivity (Wildman–Crippen MR) is 76.7 cm³/mol. The van der Waals surface area contributed by atoms with Crippen molar-refractivity contribution >= 4 is 11.3 Å². The third-order valence-electron chi connectivity index (χ3n) is 3.36. The Morgan fingerprint density at radius 1 is 1.35 bits per heavy atom. The summed E-state index contributed by atoms with van der Waals surface area (Å²) >= 11 is 1.74. The summed E-state index contributed by atoms with van der Waals surface area (Å²) in [5.74, 6) is 0.828. The second-order valence-electron chi connectivity index (χ2n) is 4.92. The molecule has 98 valence electrons. The first kappa shape index (κ1) is 14.7. The van der Waals surface area contributed by atoms with Crippen molar-refractivity contribution in [2.75, 3.05) is 6.54 Å². The highest BCUT2D eigenvalue weighted by molar-refractivity contribution is 7.09. The largest absolute Gasteiger partial charge is 0.314 e. The fourth-order valence-corrected chi connectivity index (χ4v) is 2.62. The van der Waals surface area contributed by atoms with E-state index in [1.54, 1.807) is 11.3 Å². The van der Waals surface area contributed by atoms with Gasteiger partial charge in [-0.3, -0.25) is 0 Å². The normalized spacial score (nSPS) is 14.8. The van der Waals surface area contributed by atoms with E-state index in [1.807, 2.05) is 0 Å². The van der Waals surface area contributed by atoms with Crippen molar-refractivity contribution in [3.05, 3.63) is 16.1 Å². The fraction of sp³-hybridized carbons (Fsp3) is 0.786. The molecule has 1 heterocycles. The van der Waals surface area contributed by atoms with Gasteiger partial charge in [-0.15, -0.1) is 11.3 Å². The van der Waals surface area contributed by atoms with E-state index in [-0.39, 0.29) is 0 Å². The second-order valence-corrected chi connectivity index (χ2v) is 5.98. The predicted octanol–water partition coefficient (Wildman–Crippen LogP) is 3.80. The van der Waals surface area contributed by atoms with Crippen molar-refractivity contribution in [2.45, 2.75) is 59.4 Å². The number of hydrogen-bond acceptors (Lipinski definition) is 3. The number of rotatable bonds is 8. The Morgan fingerprint density at radius 2 is 2.12 bits per heavy atom. The van der Waals surface area contributed by atoms with E-state index in [4.69, 9.17) is 0 Å². The minimum Gasteiger partial charge on any atom is -0.314 e. The molecule has 2 atom stereocenters. The minimum atomic E-state index is 0.671. The van der Waals surface area contributed by atoms with E-state index in [2.05, 4.69) is 43.4 Å². The van der Waals surface area contributed by atoms with Gasteiger partial charge in [0.05, 0.1) is 10.7 Å². The molecule has 0 spiro atoms. The van der Waals surface area contributed by atoms with Crippen LogP contribution in [-0.2, 0) is 6.42 Å². The maximum Gasteiger partial charge on any atom is 0.0897 e. The van der Waals surface area contributed by atoms with Gasteiger partial charge in [-0.25, -0.2) is 4.98 Å². The first-order valence-electron chi connectivity index (χ1n) is 6.80. The van der Waals surface area contributed by atoms with Gasteiger partial charge in [0, 0.05) is 24.4 Å². The first-order chi connectivity index (χ1) is 8.15. The van der Waals surface area contributed by atoms with Crippen LogP contribution in [-0.4, -0.2) is 17.6 Å². The Kier molecular flexibility index (Phi) is 6.75. The highest BCUT2D eigenvalue weighted by atomic mass is 32.1. The van der Waals surface area contributed by atoms with Crippen LogP contribution in [0.3, 0.4) is 0 Å². The summed E-state index contributed by atoms with van der Waals surface area (Å²) in [6.45, 7) is 10.0. The van der Waals surface area contributed by atoms with E-state index >= 15 is 0 Å². The number of aryl methyl sites for hydroxylation is 1.